The van der Waals surface area contributed by atoms with Crippen molar-refractivity contribution in [1.82, 2.24) is 9.78 Å². The first-order valence-electron chi connectivity index (χ1n) is 9.66. The van der Waals surface area contributed by atoms with Gasteiger partial charge in [-0.3, -0.25) is 9.59 Å². The molecule has 0 fully saturated rings. The molecule has 0 unspecified atom stereocenters. The summed E-state index contributed by atoms with van der Waals surface area (Å²) in [5, 5.41) is 9.81. The van der Waals surface area contributed by atoms with E-state index in [-0.39, 0.29) is 18.4 Å². The molecule has 0 radical (unpaired) electrons. The molecule has 1 heterocycles. The summed E-state index contributed by atoms with van der Waals surface area (Å²) in [6.45, 7) is -0.143. The summed E-state index contributed by atoms with van der Waals surface area (Å²) >= 11 is 0. The first-order valence-corrected chi connectivity index (χ1v) is 9.66. The number of nitrogens with zero attached hydrogens (tertiary/aromatic N) is 2. The van der Waals surface area contributed by atoms with E-state index in [0.717, 1.165) is 5.69 Å². The van der Waals surface area contributed by atoms with Crippen LogP contribution in [0.1, 0.15) is 10.4 Å². The molecule has 1 aromatic heterocycles. The van der Waals surface area contributed by atoms with Crippen LogP contribution in [0.15, 0.2) is 97.3 Å². The van der Waals surface area contributed by atoms with Gasteiger partial charge < -0.3 is 15.4 Å². The Kier molecular flexibility index (Phi) is 6.04. The maximum atomic E-state index is 12.6. The summed E-state index contributed by atoms with van der Waals surface area (Å²) in [4.78, 5) is 24.6. The summed E-state index contributed by atoms with van der Waals surface area (Å²) in [6.07, 6.45) is 3.18. The zero-order valence-electron chi connectivity index (χ0n) is 16.6. The summed E-state index contributed by atoms with van der Waals surface area (Å²) < 4.78 is 7.19. The summed E-state index contributed by atoms with van der Waals surface area (Å²) in [5.41, 5.74) is 2.55. The van der Waals surface area contributed by atoms with Crippen molar-refractivity contribution in [3.8, 4) is 11.4 Å². The first kappa shape index (κ1) is 19.9. The molecule has 0 bridgehead atoms. The molecule has 7 nitrogen and oxygen atoms in total. The normalized spacial score (nSPS) is 10.3. The van der Waals surface area contributed by atoms with Crippen molar-refractivity contribution < 1.29 is 14.3 Å². The van der Waals surface area contributed by atoms with Crippen LogP contribution in [0.3, 0.4) is 0 Å². The Morgan fingerprint density at radius 3 is 2.32 bits per heavy atom. The number of carbonyl (C=O) groups excluding carboxylic acids is 2. The third-order valence-electron chi connectivity index (χ3n) is 4.38. The SMILES string of the molecule is O=C(COc1cccc(NC(=O)c2cnn(-c3ccccc3)c2)c1)Nc1ccccc1. The summed E-state index contributed by atoms with van der Waals surface area (Å²) in [5.74, 6) is -0.0869. The van der Waals surface area contributed by atoms with E-state index in [9.17, 15) is 9.59 Å². The van der Waals surface area contributed by atoms with Crippen molar-refractivity contribution in [2.75, 3.05) is 17.2 Å². The van der Waals surface area contributed by atoms with E-state index in [1.807, 2.05) is 48.5 Å². The molecule has 0 saturated heterocycles. The van der Waals surface area contributed by atoms with Crippen molar-refractivity contribution in [1.29, 1.82) is 0 Å². The molecule has 4 rings (SSSR count). The van der Waals surface area contributed by atoms with Crippen LogP contribution in [0, 0.1) is 0 Å². The van der Waals surface area contributed by atoms with Gasteiger partial charge in [0.1, 0.15) is 5.75 Å². The van der Waals surface area contributed by atoms with Gasteiger partial charge in [-0.1, -0.05) is 42.5 Å². The molecule has 2 N–H and O–H groups in total. The number of carbonyl (C=O) groups is 2. The molecule has 154 valence electrons. The van der Waals surface area contributed by atoms with Gasteiger partial charge >= 0.3 is 0 Å². The van der Waals surface area contributed by atoms with Crippen molar-refractivity contribution in [3.05, 3.63) is 103 Å². The van der Waals surface area contributed by atoms with Crippen LogP contribution < -0.4 is 15.4 Å². The fourth-order valence-corrected chi connectivity index (χ4v) is 2.90. The zero-order chi connectivity index (χ0) is 21.5. The molecule has 0 spiro atoms. The van der Waals surface area contributed by atoms with Gasteiger partial charge in [0.05, 0.1) is 17.4 Å². The lowest BCUT2D eigenvalue weighted by Crippen LogP contribution is -2.20. The zero-order valence-corrected chi connectivity index (χ0v) is 16.6. The number of aromatic nitrogens is 2. The highest BCUT2D eigenvalue weighted by atomic mass is 16.5. The van der Waals surface area contributed by atoms with Crippen molar-refractivity contribution in [2.45, 2.75) is 0 Å². The van der Waals surface area contributed by atoms with E-state index in [0.29, 0.717) is 22.7 Å². The molecule has 0 aliphatic heterocycles. The highest BCUT2D eigenvalue weighted by Crippen LogP contribution is 2.18. The predicted molar refractivity (Wildman–Crippen MR) is 119 cm³/mol. The Hall–Kier alpha value is -4.39. The van der Waals surface area contributed by atoms with Crippen LogP contribution in [-0.4, -0.2) is 28.2 Å². The molecule has 0 atom stereocenters. The van der Waals surface area contributed by atoms with Crippen LogP contribution in [0.25, 0.3) is 5.69 Å². The molecular weight excluding hydrogens is 392 g/mol. The van der Waals surface area contributed by atoms with E-state index in [4.69, 9.17) is 4.74 Å². The van der Waals surface area contributed by atoms with Crippen molar-refractivity contribution in [3.63, 3.8) is 0 Å². The lowest BCUT2D eigenvalue weighted by atomic mass is 10.2. The van der Waals surface area contributed by atoms with Gasteiger partial charge in [0.15, 0.2) is 6.61 Å². The number of nitrogens with one attached hydrogen (secondary N) is 2. The van der Waals surface area contributed by atoms with Crippen LogP contribution in [0.4, 0.5) is 11.4 Å². The first-order chi connectivity index (χ1) is 15.2. The van der Waals surface area contributed by atoms with Crippen LogP contribution in [0.2, 0.25) is 0 Å². The van der Waals surface area contributed by atoms with Gasteiger partial charge in [-0.25, -0.2) is 4.68 Å². The Labute approximate surface area is 179 Å². The smallest absolute Gasteiger partial charge is 0.262 e. The fourth-order valence-electron chi connectivity index (χ4n) is 2.90. The van der Waals surface area contributed by atoms with E-state index < -0.39 is 0 Å². The molecule has 31 heavy (non-hydrogen) atoms. The van der Waals surface area contributed by atoms with E-state index in [1.165, 1.54) is 6.20 Å². The van der Waals surface area contributed by atoms with Crippen LogP contribution in [0.5, 0.6) is 5.75 Å². The Morgan fingerprint density at radius 1 is 0.839 bits per heavy atom. The van der Waals surface area contributed by atoms with Gasteiger partial charge in [-0.05, 0) is 36.4 Å². The summed E-state index contributed by atoms with van der Waals surface area (Å²) in [7, 11) is 0. The number of hydrogen-bond acceptors (Lipinski definition) is 4. The van der Waals surface area contributed by atoms with Crippen LogP contribution >= 0.6 is 0 Å². The highest BCUT2D eigenvalue weighted by Gasteiger charge is 2.11. The van der Waals surface area contributed by atoms with Crippen molar-refractivity contribution >= 4 is 23.2 Å². The Bertz CT molecular complexity index is 1170. The number of para-hydroxylation sites is 2. The number of ether oxygens (including phenoxy) is 1. The molecule has 7 heteroatoms. The van der Waals surface area contributed by atoms with E-state index in [2.05, 4.69) is 15.7 Å². The number of hydrogen-bond donors (Lipinski definition) is 2. The predicted octanol–water partition coefficient (Wildman–Crippen LogP) is 4.14. The molecule has 2 amide bonds. The quantitative estimate of drug-likeness (QED) is 0.478. The molecule has 0 saturated carbocycles. The third kappa shape index (κ3) is 5.36. The van der Waals surface area contributed by atoms with Gasteiger partial charge in [0, 0.05) is 23.6 Å². The molecule has 0 aliphatic carbocycles. The minimum Gasteiger partial charge on any atom is -0.484 e. The fraction of sp³-hybridized carbons (Fsp3) is 0.0417. The lowest BCUT2D eigenvalue weighted by molar-refractivity contribution is -0.118. The largest absolute Gasteiger partial charge is 0.484 e. The molecule has 0 aliphatic rings. The number of benzene rings is 3. The Morgan fingerprint density at radius 2 is 1.55 bits per heavy atom. The number of amides is 2. The van der Waals surface area contributed by atoms with E-state index >= 15 is 0 Å². The van der Waals surface area contributed by atoms with Gasteiger partial charge in [0.25, 0.3) is 11.8 Å². The van der Waals surface area contributed by atoms with Gasteiger partial charge in [0.2, 0.25) is 0 Å². The second-order valence-electron chi connectivity index (χ2n) is 6.69. The number of anilines is 2. The number of rotatable bonds is 7. The third-order valence-corrected chi connectivity index (χ3v) is 4.38. The summed E-state index contributed by atoms with van der Waals surface area (Å²) in [6, 6.07) is 25.6. The van der Waals surface area contributed by atoms with Gasteiger partial charge in [-0.15, -0.1) is 0 Å². The minimum absolute atomic E-state index is 0.143. The topological polar surface area (TPSA) is 85.2 Å². The van der Waals surface area contributed by atoms with Crippen molar-refractivity contribution in [2.24, 2.45) is 0 Å². The Balaban J connectivity index is 1.34. The second kappa shape index (κ2) is 9.41. The van der Waals surface area contributed by atoms with E-state index in [1.54, 1.807) is 47.3 Å². The average molecular weight is 412 g/mol. The molecule has 4 aromatic rings. The maximum Gasteiger partial charge on any atom is 0.262 e. The maximum absolute atomic E-state index is 12.6. The minimum atomic E-state index is -0.291. The standard InChI is InChI=1S/C24H20N4O3/c29-23(26-19-8-3-1-4-9-19)17-31-22-13-7-10-20(14-22)27-24(30)18-15-25-28(16-18)21-11-5-2-6-12-21/h1-16H,17H2,(H,26,29)(H,27,30). The molecule has 3 aromatic carbocycles. The van der Waals surface area contributed by atoms with Gasteiger partial charge in [-0.2, -0.15) is 5.10 Å². The molecular formula is C24H20N4O3. The lowest BCUT2D eigenvalue weighted by Gasteiger charge is -2.09. The monoisotopic (exact) mass is 412 g/mol. The highest BCUT2D eigenvalue weighted by molar-refractivity contribution is 6.04. The van der Waals surface area contributed by atoms with Crippen LogP contribution in [-0.2, 0) is 4.79 Å². The second-order valence-corrected chi connectivity index (χ2v) is 6.69. The average Bonchev–Trinajstić information content (AvgIpc) is 3.30.